The highest BCUT2D eigenvalue weighted by atomic mass is 16.3. The number of fused-ring (bicyclic) bond motifs is 8. The van der Waals surface area contributed by atoms with Gasteiger partial charge in [0.1, 0.15) is 16.7 Å². The summed E-state index contributed by atoms with van der Waals surface area (Å²) in [6.45, 7) is 0. The van der Waals surface area contributed by atoms with Crippen molar-refractivity contribution in [3.05, 3.63) is 176 Å². The maximum atomic E-state index is 6.91. The molecule has 49 heavy (non-hydrogen) atoms. The topological polar surface area (TPSA) is 29.5 Å². The Hall–Kier alpha value is -6.58. The van der Waals surface area contributed by atoms with Gasteiger partial charge in [-0.1, -0.05) is 127 Å². The van der Waals surface area contributed by atoms with Gasteiger partial charge in [0.05, 0.1) is 5.69 Å². The molecule has 3 nitrogen and oxygen atoms in total. The third kappa shape index (κ3) is 4.44. The fourth-order valence-electron chi connectivity index (χ4n) is 7.37. The second kappa shape index (κ2) is 11.0. The van der Waals surface area contributed by atoms with E-state index >= 15 is 0 Å². The van der Waals surface area contributed by atoms with E-state index < -0.39 is 0 Å². The van der Waals surface area contributed by atoms with Gasteiger partial charge in [-0.05, 0) is 76.2 Å². The summed E-state index contributed by atoms with van der Waals surface area (Å²) in [6, 6.07) is 62.0. The Balaban J connectivity index is 1.27. The van der Waals surface area contributed by atoms with Gasteiger partial charge in [-0.2, -0.15) is 0 Å². The van der Waals surface area contributed by atoms with Crippen LogP contribution >= 0.6 is 0 Å². The van der Waals surface area contributed by atoms with E-state index in [0.717, 1.165) is 82.8 Å². The molecule has 2 aromatic heterocycles. The number of rotatable bonds is 5. The van der Waals surface area contributed by atoms with Crippen LogP contribution in [0.5, 0.6) is 0 Å². The van der Waals surface area contributed by atoms with Crippen LogP contribution in [-0.2, 0) is 0 Å². The molecule has 0 N–H and O–H groups in total. The summed E-state index contributed by atoms with van der Waals surface area (Å²) in [6.07, 6.45) is 0. The van der Waals surface area contributed by atoms with Crippen LogP contribution in [0.3, 0.4) is 0 Å². The quantitative estimate of drug-likeness (QED) is 0.190. The smallest absolute Gasteiger partial charge is 0.159 e. The fraction of sp³-hybridized carbons (Fsp3) is 0. The van der Waals surface area contributed by atoms with Crippen LogP contribution in [0.15, 0.2) is 185 Å². The Kier molecular flexibility index (Phi) is 6.18. The van der Waals surface area contributed by atoms with E-state index in [-0.39, 0.29) is 0 Å². The van der Waals surface area contributed by atoms with Gasteiger partial charge in [-0.25, -0.2) is 0 Å². The highest BCUT2D eigenvalue weighted by molar-refractivity contribution is 6.18. The number of para-hydroxylation sites is 2. The molecule has 0 bridgehead atoms. The Morgan fingerprint density at radius 2 is 0.980 bits per heavy atom. The van der Waals surface area contributed by atoms with Gasteiger partial charge in [0.15, 0.2) is 5.58 Å². The third-order valence-corrected chi connectivity index (χ3v) is 9.66. The van der Waals surface area contributed by atoms with Crippen LogP contribution in [0.4, 0.5) is 17.1 Å². The van der Waals surface area contributed by atoms with Crippen LogP contribution < -0.4 is 4.90 Å². The summed E-state index contributed by atoms with van der Waals surface area (Å²) in [4.78, 5) is 2.33. The predicted octanol–water partition coefficient (Wildman–Crippen LogP) is 13.4. The van der Waals surface area contributed by atoms with E-state index in [2.05, 4.69) is 169 Å². The summed E-state index contributed by atoms with van der Waals surface area (Å²) in [5.41, 5.74) is 11.2. The van der Waals surface area contributed by atoms with E-state index in [0.29, 0.717) is 0 Å². The minimum Gasteiger partial charge on any atom is -0.456 e. The molecule has 2 heterocycles. The minimum absolute atomic E-state index is 0.847. The van der Waals surface area contributed by atoms with Crippen molar-refractivity contribution in [2.75, 3.05) is 4.90 Å². The molecule has 8 aromatic carbocycles. The first kappa shape index (κ1) is 27.5. The van der Waals surface area contributed by atoms with E-state index in [1.807, 2.05) is 12.1 Å². The predicted molar refractivity (Wildman–Crippen MR) is 204 cm³/mol. The van der Waals surface area contributed by atoms with Crippen LogP contribution in [0, 0.1) is 0 Å². The van der Waals surface area contributed by atoms with E-state index in [1.54, 1.807) is 0 Å². The van der Waals surface area contributed by atoms with Crippen molar-refractivity contribution in [3.63, 3.8) is 0 Å². The van der Waals surface area contributed by atoms with Gasteiger partial charge in [0.25, 0.3) is 0 Å². The van der Waals surface area contributed by atoms with Crippen molar-refractivity contribution < 1.29 is 8.83 Å². The summed E-state index contributed by atoms with van der Waals surface area (Å²) >= 11 is 0. The van der Waals surface area contributed by atoms with Gasteiger partial charge in [-0.15, -0.1) is 0 Å². The zero-order chi connectivity index (χ0) is 32.3. The van der Waals surface area contributed by atoms with Crippen molar-refractivity contribution >= 4 is 71.7 Å². The second-order valence-electron chi connectivity index (χ2n) is 12.5. The number of nitrogens with zero attached hydrogens (tertiary/aromatic N) is 1. The third-order valence-electron chi connectivity index (χ3n) is 9.66. The highest BCUT2D eigenvalue weighted by Crippen LogP contribution is 2.46. The monoisotopic (exact) mass is 627 g/mol. The minimum atomic E-state index is 0.847. The van der Waals surface area contributed by atoms with Gasteiger partial charge in [-0.3, -0.25) is 0 Å². The second-order valence-corrected chi connectivity index (χ2v) is 12.5. The lowest BCUT2D eigenvalue weighted by Crippen LogP contribution is -2.10. The highest BCUT2D eigenvalue weighted by Gasteiger charge is 2.22. The summed E-state index contributed by atoms with van der Waals surface area (Å²) < 4.78 is 13.2. The van der Waals surface area contributed by atoms with Crippen molar-refractivity contribution in [2.45, 2.75) is 0 Å². The Morgan fingerprint density at radius 1 is 0.347 bits per heavy atom. The fourth-order valence-corrected chi connectivity index (χ4v) is 7.37. The molecular weight excluding hydrogens is 599 g/mol. The first-order valence-corrected chi connectivity index (χ1v) is 16.6. The lowest BCUT2D eigenvalue weighted by Gasteiger charge is -2.27. The van der Waals surface area contributed by atoms with Gasteiger partial charge >= 0.3 is 0 Å². The molecule has 10 rings (SSSR count). The molecule has 230 valence electrons. The normalized spacial score (nSPS) is 11.7. The van der Waals surface area contributed by atoms with Crippen molar-refractivity contribution in [2.24, 2.45) is 0 Å². The number of hydrogen-bond donors (Lipinski definition) is 0. The molecule has 0 radical (unpaired) electrons. The Bertz CT molecular complexity index is 2830. The molecule has 0 aliphatic carbocycles. The van der Waals surface area contributed by atoms with Crippen molar-refractivity contribution in [1.29, 1.82) is 0 Å². The lowest BCUT2D eigenvalue weighted by atomic mass is 9.93. The lowest BCUT2D eigenvalue weighted by molar-refractivity contribution is 0.669. The first-order valence-electron chi connectivity index (χ1n) is 16.6. The molecule has 10 aromatic rings. The Labute approximate surface area is 282 Å². The standard InChI is InChI=1S/C46H29NO2/c1-3-12-30(13-4-1)35-26-23-33(28-40(35)31-14-5-2-6-15-31)47(34-24-27-44-41(29-34)37-18-9-10-21-43(37)48-44)42-20-11-19-38-39-25-22-32-16-7-8-17-36(32)45(39)49-46(38)42/h1-29H. The summed E-state index contributed by atoms with van der Waals surface area (Å²) in [7, 11) is 0. The molecular formula is C46H29NO2. The SMILES string of the molecule is c1ccc(-c2ccc(N(c3ccc4oc5ccccc5c4c3)c3cccc4c3oc3c5ccccc5ccc43)cc2-c2ccccc2)cc1. The molecule has 0 saturated carbocycles. The number of benzene rings is 8. The zero-order valence-electron chi connectivity index (χ0n) is 26.5. The number of hydrogen-bond acceptors (Lipinski definition) is 3. The molecule has 0 fully saturated rings. The van der Waals surface area contributed by atoms with E-state index in [4.69, 9.17) is 8.83 Å². The largest absolute Gasteiger partial charge is 0.456 e. The molecule has 0 saturated heterocycles. The van der Waals surface area contributed by atoms with Crippen LogP contribution in [-0.4, -0.2) is 0 Å². The molecule has 0 amide bonds. The van der Waals surface area contributed by atoms with E-state index in [1.165, 1.54) is 11.1 Å². The Morgan fingerprint density at radius 3 is 1.82 bits per heavy atom. The van der Waals surface area contributed by atoms with Crippen molar-refractivity contribution in [3.8, 4) is 22.3 Å². The van der Waals surface area contributed by atoms with E-state index in [9.17, 15) is 0 Å². The van der Waals surface area contributed by atoms with Crippen LogP contribution in [0.25, 0.3) is 76.9 Å². The molecule has 0 spiro atoms. The van der Waals surface area contributed by atoms with Gasteiger partial charge in [0, 0.05) is 38.3 Å². The average Bonchev–Trinajstić information content (AvgIpc) is 3.75. The number of anilines is 3. The number of furan rings is 2. The maximum absolute atomic E-state index is 6.91. The van der Waals surface area contributed by atoms with Gasteiger partial charge in [0.2, 0.25) is 0 Å². The van der Waals surface area contributed by atoms with Crippen LogP contribution in [0.2, 0.25) is 0 Å². The summed E-state index contributed by atoms with van der Waals surface area (Å²) in [5.74, 6) is 0. The maximum Gasteiger partial charge on any atom is 0.159 e. The van der Waals surface area contributed by atoms with Crippen LogP contribution in [0.1, 0.15) is 0 Å². The molecule has 0 aliphatic heterocycles. The van der Waals surface area contributed by atoms with Crippen molar-refractivity contribution in [1.82, 2.24) is 0 Å². The molecule has 0 aliphatic rings. The van der Waals surface area contributed by atoms with Gasteiger partial charge < -0.3 is 13.7 Å². The zero-order valence-corrected chi connectivity index (χ0v) is 26.5. The molecule has 0 unspecified atom stereocenters. The summed E-state index contributed by atoms with van der Waals surface area (Å²) in [5, 5.41) is 6.63. The first-order chi connectivity index (χ1) is 24.3. The average molecular weight is 628 g/mol. The molecule has 3 heteroatoms. The molecule has 0 atom stereocenters.